The van der Waals surface area contributed by atoms with Crippen LogP contribution in [0.1, 0.15) is 206 Å². The molecule has 0 heterocycles. The summed E-state index contributed by atoms with van der Waals surface area (Å²) >= 11 is 0. The third-order valence-corrected chi connectivity index (χ3v) is 11.5. The second-order valence-corrected chi connectivity index (χ2v) is 19.5. The van der Waals surface area contributed by atoms with E-state index in [1.54, 1.807) is 0 Å². The fraction of sp³-hybridized carbons (Fsp3) is 0.661. The molecule has 0 N–H and O–H groups in total. The van der Waals surface area contributed by atoms with Gasteiger partial charge in [0.2, 0.25) is 0 Å². The summed E-state index contributed by atoms with van der Waals surface area (Å²) in [4.78, 5) is 36.9. The predicted molar refractivity (Wildman–Crippen MR) is 297 cm³/mol. The van der Waals surface area contributed by atoms with Crippen molar-refractivity contribution in [2.75, 3.05) is 47.5 Å². The minimum Gasteiger partial charge on any atom is -0.545 e. The number of hydrogen-bond donors (Lipinski definition) is 0. The second-order valence-electron chi connectivity index (χ2n) is 19.5. The van der Waals surface area contributed by atoms with Gasteiger partial charge in [-0.2, -0.15) is 0 Å². The molecule has 0 amide bonds. The van der Waals surface area contributed by atoms with Gasteiger partial charge in [0.15, 0.2) is 12.4 Å². The van der Waals surface area contributed by atoms with Crippen LogP contribution in [0.25, 0.3) is 0 Å². The Kier molecular flexibility index (Phi) is 49.3. The molecule has 2 atom stereocenters. The maximum atomic E-state index is 12.8. The first-order valence-corrected chi connectivity index (χ1v) is 28.0. The number of nitrogens with zero attached hydrogens (tertiary/aromatic N) is 1. The molecule has 9 nitrogen and oxygen atoms in total. The number of carboxylic acid groups (broad SMARTS) is 1. The molecule has 0 saturated carbocycles. The number of aliphatic carboxylic acids is 1. The fourth-order valence-corrected chi connectivity index (χ4v) is 7.23. The predicted octanol–water partition coefficient (Wildman–Crippen LogP) is 15.0. The van der Waals surface area contributed by atoms with E-state index in [1.165, 1.54) is 70.6 Å². The van der Waals surface area contributed by atoms with Crippen LogP contribution in [0.4, 0.5) is 0 Å². The molecule has 9 heteroatoms. The first-order valence-electron chi connectivity index (χ1n) is 28.0. The van der Waals surface area contributed by atoms with Crippen molar-refractivity contribution in [1.82, 2.24) is 0 Å². The number of esters is 2. The topological polar surface area (TPSA) is 111 Å². The SMILES string of the molecule is CC/C=C\C/C=C\C/C=C\C/C=C\C/C=C\C/C=C\C/C=C\C/C=C\C/C=C\CCCCCCCCCCCCCC(=O)OC(COC(=O)CCCCCCCCC)COC(OCC[N+](C)(C)C)C(=O)[O-]. The Hall–Kier alpha value is -4.05. The average Bonchev–Trinajstić information content (AvgIpc) is 3.34. The smallest absolute Gasteiger partial charge is 0.306 e. The standard InChI is InChI=1S/C62H103NO8/c1-6-8-10-12-14-15-16-17-18-19-20-21-22-23-24-25-26-27-28-29-30-31-32-33-34-35-36-37-38-39-40-41-42-43-44-45-47-49-51-53-60(65)71-58(56-69-59(64)52-50-48-46-13-11-9-7-2)57-70-62(61(66)67)68-55-54-63(3,4)5/h8,10,14-15,17-18,20-21,23-24,26-27,29-30,32-33,35-36,58,62H,6-7,9,11-13,16,19,22,25,28,31,34,37-57H2,1-5H3/b10-8-,15-14-,18-17-,21-20-,24-23-,27-26-,30-29-,33-32-,36-35-. The van der Waals surface area contributed by atoms with E-state index in [0.717, 1.165) is 103 Å². The summed E-state index contributed by atoms with van der Waals surface area (Å²) in [6.45, 7) is 4.56. The number of rotatable bonds is 50. The molecule has 0 rings (SSSR count). The van der Waals surface area contributed by atoms with Crippen molar-refractivity contribution in [2.45, 2.75) is 219 Å². The monoisotopic (exact) mass is 990 g/mol. The van der Waals surface area contributed by atoms with Crippen molar-refractivity contribution in [2.24, 2.45) is 0 Å². The van der Waals surface area contributed by atoms with E-state index in [-0.39, 0.29) is 38.6 Å². The molecule has 0 aliphatic rings. The lowest BCUT2D eigenvalue weighted by Crippen LogP contribution is -2.44. The van der Waals surface area contributed by atoms with Crippen LogP contribution in [-0.4, -0.2) is 82.3 Å². The Balaban J connectivity index is 4.03. The van der Waals surface area contributed by atoms with Crippen molar-refractivity contribution < 1.29 is 42.9 Å². The maximum absolute atomic E-state index is 12.8. The van der Waals surface area contributed by atoms with E-state index in [4.69, 9.17) is 18.9 Å². The molecular formula is C62H103NO8. The third-order valence-electron chi connectivity index (χ3n) is 11.5. The number of likely N-dealkylation sites (N-methyl/N-ethyl adjacent to an activating group) is 1. The van der Waals surface area contributed by atoms with E-state index in [2.05, 4.69) is 123 Å². The summed E-state index contributed by atoms with van der Waals surface area (Å²) in [5, 5.41) is 11.7. The van der Waals surface area contributed by atoms with Gasteiger partial charge in [-0.15, -0.1) is 0 Å². The normalized spacial score (nSPS) is 13.6. The van der Waals surface area contributed by atoms with Crippen molar-refractivity contribution >= 4 is 17.9 Å². The molecule has 0 aliphatic carbocycles. The fourth-order valence-electron chi connectivity index (χ4n) is 7.23. The van der Waals surface area contributed by atoms with Crippen LogP contribution in [0.2, 0.25) is 0 Å². The van der Waals surface area contributed by atoms with Crippen LogP contribution in [0.15, 0.2) is 109 Å². The highest BCUT2D eigenvalue weighted by Gasteiger charge is 2.22. The van der Waals surface area contributed by atoms with Crippen LogP contribution >= 0.6 is 0 Å². The molecule has 0 aromatic heterocycles. The zero-order valence-corrected chi connectivity index (χ0v) is 45.8. The van der Waals surface area contributed by atoms with Crippen LogP contribution in [-0.2, 0) is 33.3 Å². The van der Waals surface area contributed by atoms with Gasteiger partial charge >= 0.3 is 11.9 Å². The van der Waals surface area contributed by atoms with Crippen molar-refractivity contribution in [3.8, 4) is 0 Å². The zero-order chi connectivity index (χ0) is 52.0. The lowest BCUT2D eigenvalue weighted by Gasteiger charge is -2.26. The molecule has 71 heavy (non-hydrogen) atoms. The highest BCUT2D eigenvalue weighted by atomic mass is 16.7. The Morgan fingerprint density at radius 2 is 0.803 bits per heavy atom. The van der Waals surface area contributed by atoms with Gasteiger partial charge in [-0.3, -0.25) is 9.59 Å². The van der Waals surface area contributed by atoms with Gasteiger partial charge in [-0.25, -0.2) is 0 Å². The van der Waals surface area contributed by atoms with Gasteiger partial charge in [-0.05, 0) is 83.5 Å². The van der Waals surface area contributed by atoms with E-state index in [1.807, 2.05) is 21.1 Å². The van der Waals surface area contributed by atoms with Gasteiger partial charge in [0, 0.05) is 12.8 Å². The first-order chi connectivity index (χ1) is 34.6. The third kappa shape index (κ3) is 53.6. The van der Waals surface area contributed by atoms with Gasteiger partial charge in [0.25, 0.3) is 0 Å². The summed E-state index contributed by atoms with van der Waals surface area (Å²) in [5.74, 6) is -2.30. The molecule has 2 unspecified atom stereocenters. The number of quaternary nitrogens is 1. The molecule has 0 bridgehead atoms. The Morgan fingerprint density at radius 3 is 1.20 bits per heavy atom. The minimum atomic E-state index is -1.62. The lowest BCUT2D eigenvalue weighted by molar-refractivity contribution is -0.870. The molecule has 0 aromatic carbocycles. The molecule has 0 radical (unpaired) electrons. The Bertz CT molecular complexity index is 1530. The number of carbonyl (C=O) groups is 3. The molecule has 0 spiro atoms. The molecular weight excluding hydrogens is 887 g/mol. The van der Waals surface area contributed by atoms with Crippen LogP contribution in [0.5, 0.6) is 0 Å². The number of carbonyl (C=O) groups excluding carboxylic acids is 3. The van der Waals surface area contributed by atoms with Crippen LogP contribution in [0, 0.1) is 0 Å². The number of hydrogen-bond acceptors (Lipinski definition) is 8. The lowest BCUT2D eigenvalue weighted by atomic mass is 10.0. The van der Waals surface area contributed by atoms with Crippen molar-refractivity contribution in [3.05, 3.63) is 109 Å². The Morgan fingerprint density at radius 1 is 0.437 bits per heavy atom. The van der Waals surface area contributed by atoms with Gasteiger partial charge in [-0.1, -0.05) is 220 Å². The number of carboxylic acids is 1. The van der Waals surface area contributed by atoms with E-state index >= 15 is 0 Å². The first kappa shape index (κ1) is 67.0. The quantitative estimate of drug-likeness (QED) is 0.0195. The minimum absolute atomic E-state index is 0.144. The largest absolute Gasteiger partial charge is 0.545 e. The summed E-state index contributed by atoms with van der Waals surface area (Å²) < 4.78 is 22.5. The summed E-state index contributed by atoms with van der Waals surface area (Å²) in [6.07, 6.45) is 68.9. The van der Waals surface area contributed by atoms with Crippen molar-refractivity contribution in [1.29, 1.82) is 0 Å². The maximum Gasteiger partial charge on any atom is 0.306 e. The summed E-state index contributed by atoms with van der Waals surface area (Å²) in [5.41, 5.74) is 0. The second kappa shape index (κ2) is 52.3. The zero-order valence-electron chi connectivity index (χ0n) is 45.8. The highest BCUT2D eigenvalue weighted by molar-refractivity contribution is 5.70. The van der Waals surface area contributed by atoms with E-state index in [0.29, 0.717) is 17.4 Å². The molecule has 0 aliphatic heterocycles. The van der Waals surface area contributed by atoms with E-state index in [9.17, 15) is 19.5 Å². The molecule has 0 fully saturated rings. The van der Waals surface area contributed by atoms with Crippen LogP contribution in [0.3, 0.4) is 0 Å². The Labute approximate surface area is 434 Å². The van der Waals surface area contributed by atoms with Crippen LogP contribution < -0.4 is 5.11 Å². The number of allylic oxidation sites excluding steroid dienone is 18. The van der Waals surface area contributed by atoms with Gasteiger partial charge in [0.1, 0.15) is 13.2 Å². The summed E-state index contributed by atoms with van der Waals surface area (Å²) in [6, 6.07) is 0. The van der Waals surface area contributed by atoms with Gasteiger partial charge < -0.3 is 33.3 Å². The average molecular weight is 991 g/mol. The molecule has 0 saturated heterocycles. The number of ether oxygens (including phenoxy) is 4. The number of unbranched alkanes of at least 4 members (excludes halogenated alkanes) is 17. The van der Waals surface area contributed by atoms with Crippen molar-refractivity contribution in [3.63, 3.8) is 0 Å². The van der Waals surface area contributed by atoms with Gasteiger partial charge in [0.05, 0.1) is 40.3 Å². The van der Waals surface area contributed by atoms with E-state index < -0.39 is 24.3 Å². The molecule has 404 valence electrons. The summed E-state index contributed by atoms with van der Waals surface area (Å²) in [7, 11) is 5.90. The highest BCUT2D eigenvalue weighted by Crippen LogP contribution is 2.15. The molecule has 0 aromatic rings.